The van der Waals surface area contributed by atoms with Crippen molar-refractivity contribution in [3.63, 3.8) is 0 Å². The maximum atomic E-state index is 15.1. The van der Waals surface area contributed by atoms with Crippen molar-refractivity contribution in [1.29, 1.82) is 0 Å². The van der Waals surface area contributed by atoms with E-state index < -0.39 is 44.5 Å². The number of ether oxygens (including phenoxy) is 1. The smallest absolute Gasteiger partial charge is 0.267 e. The summed E-state index contributed by atoms with van der Waals surface area (Å²) in [6.07, 6.45) is 3.84. The lowest BCUT2D eigenvalue weighted by molar-refractivity contribution is 0.383. The zero-order valence-electron chi connectivity index (χ0n) is 17.4. The van der Waals surface area contributed by atoms with Gasteiger partial charge in [-0.15, -0.1) is 0 Å². The van der Waals surface area contributed by atoms with Gasteiger partial charge in [-0.25, -0.2) is 31.6 Å². The Bertz CT molecular complexity index is 1580. The number of fused-ring (bicyclic) bond motifs is 1. The zero-order chi connectivity index (χ0) is 24.5. The van der Waals surface area contributed by atoms with E-state index >= 15 is 4.39 Å². The first kappa shape index (κ1) is 22.9. The number of hydrogen-bond acceptors (Lipinski definition) is 7. The van der Waals surface area contributed by atoms with E-state index in [4.69, 9.17) is 10.5 Å². The molecular formula is C21H15F3N6O3S. The predicted octanol–water partition coefficient (Wildman–Crippen LogP) is 2.89. The topological polar surface area (TPSA) is 136 Å². The summed E-state index contributed by atoms with van der Waals surface area (Å²) in [4.78, 5) is 7.18. The van der Waals surface area contributed by atoms with Gasteiger partial charge >= 0.3 is 0 Å². The summed E-state index contributed by atoms with van der Waals surface area (Å²) in [7, 11) is -3.31. The van der Waals surface area contributed by atoms with Crippen LogP contribution < -0.4 is 15.2 Å². The number of H-pyrrole nitrogens is 1. The highest BCUT2D eigenvalue weighted by molar-refractivity contribution is 7.92. The van der Waals surface area contributed by atoms with Gasteiger partial charge in [-0.1, -0.05) is 11.8 Å². The molecule has 4 N–H and O–H groups in total. The van der Waals surface area contributed by atoms with Crippen LogP contribution in [0.15, 0.2) is 41.7 Å². The molecule has 0 amide bonds. The number of aromatic amines is 1. The third kappa shape index (κ3) is 4.18. The molecule has 0 aliphatic heterocycles. The molecular weight excluding hydrogens is 473 g/mol. The Morgan fingerprint density at radius 1 is 1.18 bits per heavy atom. The van der Waals surface area contributed by atoms with Crippen molar-refractivity contribution in [3.05, 3.63) is 65.1 Å². The van der Waals surface area contributed by atoms with Crippen LogP contribution in [-0.4, -0.2) is 35.7 Å². The standard InChI is InChI=1S/C21H15F3N6O3S/c1-33-21-17(6-11(7-22)8-27-21)34(31,32)30-16-5-4-15(23)13(18(16)24)3-2-12-9-26-20(25)14-10-28-29-19(12)14/h4-6,8-10,30H,7H2,1H3,(H2,25,26)(H,28,29). The average Bonchev–Trinajstić information content (AvgIpc) is 3.33. The van der Waals surface area contributed by atoms with Crippen molar-refractivity contribution in [2.75, 3.05) is 17.6 Å². The number of benzene rings is 1. The van der Waals surface area contributed by atoms with Crippen LogP contribution in [0.3, 0.4) is 0 Å². The number of nitrogen functional groups attached to an aromatic ring is 1. The number of hydrogen-bond donors (Lipinski definition) is 3. The summed E-state index contributed by atoms with van der Waals surface area (Å²) >= 11 is 0. The maximum absolute atomic E-state index is 15.1. The first-order valence-electron chi connectivity index (χ1n) is 9.44. The number of nitrogens with zero attached hydrogens (tertiary/aromatic N) is 3. The fraction of sp³-hybridized carbons (Fsp3) is 0.0952. The Labute approximate surface area is 191 Å². The van der Waals surface area contributed by atoms with Gasteiger partial charge < -0.3 is 10.5 Å². The van der Waals surface area contributed by atoms with Crippen LogP contribution in [0.5, 0.6) is 5.88 Å². The molecule has 4 rings (SSSR count). The fourth-order valence-corrected chi connectivity index (χ4v) is 4.25. The minimum Gasteiger partial charge on any atom is -0.480 e. The van der Waals surface area contributed by atoms with Gasteiger partial charge in [-0.05, 0) is 18.2 Å². The lowest BCUT2D eigenvalue weighted by Gasteiger charge is -2.13. The number of sulfonamides is 1. The summed E-state index contributed by atoms with van der Waals surface area (Å²) in [5.74, 6) is 2.54. The van der Waals surface area contributed by atoms with E-state index in [1.807, 2.05) is 4.72 Å². The zero-order valence-corrected chi connectivity index (χ0v) is 18.2. The molecule has 0 fully saturated rings. The van der Waals surface area contributed by atoms with Crippen molar-refractivity contribution in [3.8, 4) is 17.7 Å². The molecule has 0 saturated heterocycles. The average molecular weight is 488 g/mol. The SMILES string of the molecule is COc1ncc(CF)cc1S(=O)(=O)Nc1ccc(F)c(C#Cc2cnc(N)c3cn[nH]c23)c1F. The molecule has 0 saturated carbocycles. The second-order valence-corrected chi connectivity index (χ2v) is 8.49. The van der Waals surface area contributed by atoms with Crippen LogP contribution in [0.4, 0.5) is 24.7 Å². The van der Waals surface area contributed by atoms with E-state index in [9.17, 15) is 17.2 Å². The minimum atomic E-state index is -4.49. The molecule has 0 unspecified atom stereocenters. The monoisotopic (exact) mass is 488 g/mol. The Kier molecular flexibility index (Phi) is 5.99. The number of alkyl halides is 1. The largest absolute Gasteiger partial charge is 0.480 e. The van der Waals surface area contributed by atoms with Gasteiger partial charge in [0.15, 0.2) is 5.82 Å². The third-order valence-electron chi connectivity index (χ3n) is 4.69. The molecule has 0 aliphatic rings. The van der Waals surface area contributed by atoms with Crippen molar-refractivity contribution in [1.82, 2.24) is 20.2 Å². The van der Waals surface area contributed by atoms with Crippen molar-refractivity contribution >= 4 is 32.4 Å². The van der Waals surface area contributed by atoms with Crippen molar-refractivity contribution < 1.29 is 26.3 Å². The quantitative estimate of drug-likeness (QED) is 0.368. The van der Waals surface area contributed by atoms with Gasteiger partial charge in [0, 0.05) is 18.0 Å². The van der Waals surface area contributed by atoms with E-state index in [0.717, 1.165) is 24.4 Å². The molecule has 0 spiro atoms. The molecule has 13 heteroatoms. The molecule has 174 valence electrons. The van der Waals surface area contributed by atoms with E-state index in [-0.39, 0.29) is 22.8 Å². The van der Waals surface area contributed by atoms with Crippen LogP contribution in [0, 0.1) is 23.5 Å². The number of halogens is 3. The highest BCUT2D eigenvalue weighted by atomic mass is 32.2. The van der Waals surface area contributed by atoms with Gasteiger partial charge in [-0.2, -0.15) is 5.10 Å². The van der Waals surface area contributed by atoms with E-state index in [1.54, 1.807) is 0 Å². The van der Waals surface area contributed by atoms with Crippen LogP contribution in [0.2, 0.25) is 0 Å². The molecule has 0 bridgehead atoms. The summed E-state index contributed by atoms with van der Waals surface area (Å²) in [6, 6.07) is 2.75. The van der Waals surface area contributed by atoms with Gasteiger partial charge in [-0.3, -0.25) is 9.82 Å². The van der Waals surface area contributed by atoms with E-state index in [2.05, 4.69) is 32.0 Å². The number of nitrogens with two attached hydrogens (primary N) is 1. The first-order chi connectivity index (χ1) is 16.2. The Hall–Kier alpha value is -4.31. The highest BCUT2D eigenvalue weighted by Gasteiger charge is 2.24. The fourth-order valence-electron chi connectivity index (χ4n) is 3.02. The molecule has 0 atom stereocenters. The molecule has 3 aromatic heterocycles. The first-order valence-corrected chi connectivity index (χ1v) is 10.9. The number of pyridine rings is 2. The van der Waals surface area contributed by atoms with Crippen LogP contribution in [0.25, 0.3) is 10.9 Å². The van der Waals surface area contributed by atoms with Gasteiger partial charge in [0.05, 0.1) is 41.0 Å². The summed E-state index contributed by atoms with van der Waals surface area (Å²) in [5, 5.41) is 7.00. The number of nitrogens with one attached hydrogen (secondary N) is 2. The normalized spacial score (nSPS) is 11.2. The van der Waals surface area contributed by atoms with Gasteiger partial charge in [0.25, 0.3) is 10.0 Å². The molecule has 34 heavy (non-hydrogen) atoms. The second kappa shape index (κ2) is 8.91. The summed E-state index contributed by atoms with van der Waals surface area (Å²) in [6.45, 7) is -0.978. The number of anilines is 2. The third-order valence-corrected chi connectivity index (χ3v) is 6.05. The molecule has 1 aromatic carbocycles. The molecule has 4 aromatic rings. The van der Waals surface area contributed by atoms with E-state index in [0.29, 0.717) is 10.9 Å². The minimum absolute atomic E-state index is 0.0328. The Balaban J connectivity index is 1.74. The van der Waals surface area contributed by atoms with Crippen LogP contribution in [-0.2, 0) is 16.7 Å². The lowest BCUT2D eigenvalue weighted by Crippen LogP contribution is -2.16. The molecule has 9 nitrogen and oxygen atoms in total. The lowest BCUT2D eigenvalue weighted by atomic mass is 10.1. The van der Waals surface area contributed by atoms with Gasteiger partial charge in [0.1, 0.15) is 23.2 Å². The maximum Gasteiger partial charge on any atom is 0.267 e. The number of methoxy groups -OCH3 is 1. The summed E-state index contributed by atoms with van der Waals surface area (Å²) < 4.78 is 75.1. The highest BCUT2D eigenvalue weighted by Crippen LogP contribution is 2.28. The van der Waals surface area contributed by atoms with Crippen molar-refractivity contribution in [2.45, 2.75) is 11.6 Å². The Morgan fingerprint density at radius 2 is 1.97 bits per heavy atom. The molecule has 0 aliphatic carbocycles. The summed E-state index contributed by atoms with van der Waals surface area (Å²) in [5.41, 5.74) is 5.14. The Morgan fingerprint density at radius 3 is 2.71 bits per heavy atom. The molecule has 0 radical (unpaired) electrons. The van der Waals surface area contributed by atoms with Crippen LogP contribution in [0.1, 0.15) is 16.7 Å². The van der Waals surface area contributed by atoms with E-state index in [1.165, 1.54) is 19.5 Å². The van der Waals surface area contributed by atoms with Crippen LogP contribution >= 0.6 is 0 Å². The number of aromatic nitrogens is 4. The van der Waals surface area contributed by atoms with Crippen molar-refractivity contribution in [2.24, 2.45) is 0 Å². The second-order valence-electron chi connectivity index (χ2n) is 6.84. The molecule has 3 heterocycles. The predicted molar refractivity (Wildman–Crippen MR) is 117 cm³/mol. The van der Waals surface area contributed by atoms with Gasteiger partial charge in [0.2, 0.25) is 5.88 Å². The number of rotatable bonds is 5.